The Kier molecular flexibility index (Phi) is 8.42. The maximum Gasteiger partial charge on any atom is 0.230 e. The van der Waals surface area contributed by atoms with Crippen molar-refractivity contribution in [2.45, 2.75) is 18.7 Å². The quantitative estimate of drug-likeness (QED) is 0.639. The summed E-state index contributed by atoms with van der Waals surface area (Å²) in [5.74, 6) is 2.48. The van der Waals surface area contributed by atoms with Crippen molar-refractivity contribution in [3.63, 3.8) is 0 Å². The minimum atomic E-state index is -0.0932. The maximum atomic E-state index is 12.0. The smallest absolute Gasteiger partial charge is 0.230 e. The van der Waals surface area contributed by atoms with E-state index in [9.17, 15) is 4.79 Å². The molecule has 0 aromatic heterocycles. The number of thioether (sulfide) groups is 1. The molecule has 1 unspecified atom stereocenters. The van der Waals surface area contributed by atoms with Crippen molar-refractivity contribution in [1.29, 1.82) is 0 Å². The van der Waals surface area contributed by atoms with Crippen LogP contribution in [0.3, 0.4) is 0 Å². The summed E-state index contributed by atoms with van der Waals surface area (Å²) in [6.45, 7) is 2.30. The summed E-state index contributed by atoms with van der Waals surface area (Å²) in [7, 11) is 1.62. The zero-order valence-corrected chi connectivity index (χ0v) is 17.0. The lowest BCUT2D eigenvalue weighted by Gasteiger charge is -2.15. The van der Waals surface area contributed by atoms with Gasteiger partial charge in [-0.05, 0) is 48.9 Å². The summed E-state index contributed by atoms with van der Waals surface area (Å²) in [6.07, 6.45) is 0. The fourth-order valence-electron chi connectivity index (χ4n) is 2.14. The van der Waals surface area contributed by atoms with E-state index in [0.717, 1.165) is 17.1 Å². The molecule has 7 heteroatoms. The molecule has 140 valence electrons. The molecule has 0 radical (unpaired) electrons. The van der Waals surface area contributed by atoms with Gasteiger partial charge in [0.05, 0.1) is 18.9 Å². The van der Waals surface area contributed by atoms with E-state index in [1.165, 1.54) is 11.8 Å². The Morgan fingerprint density at radius 3 is 2.50 bits per heavy atom. The van der Waals surface area contributed by atoms with Crippen LogP contribution < -0.4 is 14.8 Å². The van der Waals surface area contributed by atoms with Crippen LogP contribution in [0.15, 0.2) is 42.5 Å². The number of rotatable bonds is 9. The third-order valence-corrected chi connectivity index (χ3v) is 5.04. The molecule has 0 bridgehead atoms. The van der Waals surface area contributed by atoms with E-state index in [-0.39, 0.29) is 11.9 Å². The molecule has 0 saturated heterocycles. The maximum absolute atomic E-state index is 12.0. The number of carbonyl (C=O) groups is 1. The summed E-state index contributed by atoms with van der Waals surface area (Å²) in [5, 5.41) is 4.14. The Morgan fingerprint density at radius 1 is 1.15 bits per heavy atom. The van der Waals surface area contributed by atoms with Crippen molar-refractivity contribution in [3.05, 3.63) is 58.1 Å². The van der Waals surface area contributed by atoms with Gasteiger partial charge in [0.2, 0.25) is 5.91 Å². The van der Waals surface area contributed by atoms with E-state index in [2.05, 4.69) is 5.32 Å². The normalized spacial score (nSPS) is 11.7. The third kappa shape index (κ3) is 6.98. The van der Waals surface area contributed by atoms with Crippen molar-refractivity contribution >= 4 is 40.9 Å². The summed E-state index contributed by atoms with van der Waals surface area (Å²) in [4.78, 5) is 12.0. The van der Waals surface area contributed by atoms with Crippen LogP contribution in [0.2, 0.25) is 10.0 Å². The molecular formula is C19H21Cl2NO3S. The first kappa shape index (κ1) is 20.7. The predicted octanol–water partition coefficient (Wildman–Crippen LogP) is 4.82. The highest BCUT2D eigenvalue weighted by Crippen LogP contribution is 2.24. The van der Waals surface area contributed by atoms with Crippen LogP contribution in [0, 0.1) is 0 Å². The Hall–Kier alpha value is -1.56. The Bertz CT molecular complexity index is 725. The van der Waals surface area contributed by atoms with Crippen LogP contribution in [0.5, 0.6) is 11.5 Å². The highest BCUT2D eigenvalue weighted by molar-refractivity contribution is 7.99. The third-order valence-electron chi connectivity index (χ3n) is 3.47. The van der Waals surface area contributed by atoms with Crippen molar-refractivity contribution in [3.8, 4) is 11.5 Å². The average Bonchev–Trinajstić information content (AvgIpc) is 2.62. The second-order valence-corrected chi connectivity index (χ2v) is 7.51. The predicted molar refractivity (Wildman–Crippen MR) is 109 cm³/mol. The van der Waals surface area contributed by atoms with Crippen molar-refractivity contribution in [1.82, 2.24) is 5.32 Å². The minimum Gasteiger partial charge on any atom is -0.497 e. The lowest BCUT2D eigenvalue weighted by Crippen LogP contribution is -2.37. The number of halogens is 2. The summed E-state index contributed by atoms with van der Waals surface area (Å²) in [5.41, 5.74) is 0.963. The fourth-order valence-corrected chi connectivity index (χ4v) is 3.54. The monoisotopic (exact) mass is 413 g/mol. The summed E-state index contributed by atoms with van der Waals surface area (Å²) in [6, 6.07) is 12.6. The highest BCUT2D eigenvalue weighted by atomic mass is 35.5. The van der Waals surface area contributed by atoms with Crippen LogP contribution in [0.25, 0.3) is 0 Å². The minimum absolute atomic E-state index is 0.0362. The molecule has 2 aromatic rings. The molecule has 0 spiro atoms. The van der Waals surface area contributed by atoms with E-state index in [4.69, 9.17) is 32.7 Å². The van der Waals surface area contributed by atoms with E-state index in [1.54, 1.807) is 19.2 Å². The summed E-state index contributed by atoms with van der Waals surface area (Å²) >= 11 is 13.5. The van der Waals surface area contributed by atoms with E-state index in [1.807, 2.05) is 37.3 Å². The van der Waals surface area contributed by atoms with Gasteiger partial charge >= 0.3 is 0 Å². The van der Waals surface area contributed by atoms with Gasteiger partial charge in [-0.2, -0.15) is 0 Å². The SMILES string of the molecule is COc1ccc(OCC(C)NC(=O)CSCc2ccc(Cl)cc2Cl)cc1. The number of benzene rings is 2. The molecular weight excluding hydrogens is 393 g/mol. The zero-order chi connectivity index (χ0) is 18.9. The topological polar surface area (TPSA) is 47.6 Å². The molecule has 2 rings (SSSR count). The molecule has 1 amide bonds. The fraction of sp³-hybridized carbons (Fsp3) is 0.316. The van der Waals surface area contributed by atoms with Crippen LogP contribution in [0.4, 0.5) is 0 Å². The van der Waals surface area contributed by atoms with Gasteiger partial charge in [0, 0.05) is 15.8 Å². The van der Waals surface area contributed by atoms with Gasteiger partial charge in [-0.25, -0.2) is 0 Å². The van der Waals surface area contributed by atoms with Crippen LogP contribution in [0.1, 0.15) is 12.5 Å². The highest BCUT2D eigenvalue weighted by Gasteiger charge is 2.09. The average molecular weight is 414 g/mol. The van der Waals surface area contributed by atoms with Gasteiger partial charge in [-0.15, -0.1) is 11.8 Å². The molecule has 0 aliphatic rings. The van der Waals surface area contributed by atoms with Gasteiger partial charge in [0.1, 0.15) is 18.1 Å². The van der Waals surface area contributed by atoms with Crippen molar-refractivity contribution in [2.75, 3.05) is 19.5 Å². The number of nitrogens with one attached hydrogen (secondary N) is 1. The molecule has 0 aliphatic heterocycles. The van der Waals surface area contributed by atoms with Gasteiger partial charge < -0.3 is 14.8 Å². The van der Waals surface area contributed by atoms with Gasteiger partial charge in [-0.3, -0.25) is 4.79 Å². The van der Waals surface area contributed by atoms with E-state index in [0.29, 0.717) is 28.2 Å². The largest absolute Gasteiger partial charge is 0.497 e. The summed E-state index contributed by atoms with van der Waals surface area (Å²) < 4.78 is 10.8. The van der Waals surface area contributed by atoms with Crippen LogP contribution >= 0.6 is 35.0 Å². The first-order valence-corrected chi connectivity index (χ1v) is 9.97. The van der Waals surface area contributed by atoms with Gasteiger partial charge in [-0.1, -0.05) is 29.3 Å². The second kappa shape index (κ2) is 10.6. The molecule has 0 heterocycles. The molecule has 26 heavy (non-hydrogen) atoms. The number of hydrogen-bond acceptors (Lipinski definition) is 4. The van der Waals surface area contributed by atoms with Crippen molar-refractivity contribution in [2.24, 2.45) is 0 Å². The lowest BCUT2D eigenvalue weighted by atomic mass is 10.2. The Labute approximate surface area is 168 Å². The number of amides is 1. The van der Waals surface area contributed by atoms with E-state index < -0.39 is 0 Å². The number of hydrogen-bond donors (Lipinski definition) is 1. The zero-order valence-electron chi connectivity index (χ0n) is 14.6. The molecule has 0 saturated carbocycles. The number of carbonyl (C=O) groups excluding carboxylic acids is 1. The lowest BCUT2D eigenvalue weighted by molar-refractivity contribution is -0.119. The van der Waals surface area contributed by atoms with Crippen LogP contribution in [-0.4, -0.2) is 31.4 Å². The van der Waals surface area contributed by atoms with Crippen LogP contribution in [-0.2, 0) is 10.5 Å². The molecule has 2 aromatic carbocycles. The van der Waals surface area contributed by atoms with Crippen molar-refractivity contribution < 1.29 is 14.3 Å². The molecule has 4 nitrogen and oxygen atoms in total. The number of ether oxygens (including phenoxy) is 2. The van der Waals surface area contributed by atoms with E-state index >= 15 is 0 Å². The molecule has 0 aliphatic carbocycles. The number of methoxy groups -OCH3 is 1. The first-order chi connectivity index (χ1) is 12.5. The molecule has 1 atom stereocenters. The standard InChI is InChI=1S/C19H21Cl2NO3S/c1-13(10-25-17-7-5-16(24-2)6-8-17)22-19(23)12-26-11-14-3-4-15(20)9-18(14)21/h3-9,13H,10-12H2,1-2H3,(H,22,23). The van der Waals surface area contributed by atoms with Gasteiger partial charge in [0.15, 0.2) is 0 Å². The second-order valence-electron chi connectivity index (χ2n) is 5.68. The molecule has 1 N–H and O–H groups in total. The Balaban J connectivity index is 1.67. The first-order valence-electron chi connectivity index (χ1n) is 8.06. The molecule has 0 fully saturated rings. The Morgan fingerprint density at radius 2 is 1.85 bits per heavy atom. The van der Waals surface area contributed by atoms with Gasteiger partial charge in [0.25, 0.3) is 0 Å².